The average molecular weight is 211 g/mol. The lowest BCUT2D eigenvalue weighted by Crippen LogP contribution is -1.88. The van der Waals surface area contributed by atoms with Crippen LogP contribution < -0.4 is 4.74 Å². The van der Waals surface area contributed by atoms with Crippen LogP contribution in [0.3, 0.4) is 0 Å². The molecule has 1 aromatic rings. The van der Waals surface area contributed by atoms with E-state index < -0.39 is 0 Å². The number of unbranched alkanes of at least 4 members (excludes halogenated alkanes) is 1. The SMILES string of the molecule is C=CCCCc1ccc(OC)cc1Cl. The average Bonchev–Trinajstić information content (AvgIpc) is 2.20. The maximum atomic E-state index is 6.08. The van der Waals surface area contributed by atoms with Crippen LogP contribution in [0, 0.1) is 0 Å². The molecule has 2 heteroatoms. The molecular formula is C12H15ClO. The first-order valence-corrected chi connectivity index (χ1v) is 5.09. The summed E-state index contributed by atoms with van der Waals surface area (Å²) < 4.78 is 5.08. The molecule has 1 aromatic carbocycles. The Balaban J connectivity index is 2.63. The van der Waals surface area contributed by atoms with Crippen LogP contribution >= 0.6 is 11.6 Å². The van der Waals surface area contributed by atoms with Crippen molar-refractivity contribution in [2.24, 2.45) is 0 Å². The van der Waals surface area contributed by atoms with Crippen LogP contribution in [-0.4, -0.2) is 7.11 Å². The van der Waals surface area contributed by atoms with Crippen LogP contribution in [-0.2, 0) is 6.42 Å². The zero-order valence-corrected chi connectivity index (χ0v) is 9.18. The fourth-order valence-electron chi connectivity index (χ4n) is 1.29. The zero-order chi connectivity index (χ0) is 10.4. The van der Waals surface area contributed by atoms with Gasteiger partial charge in [-0.2, -0.15) is 0 Å². The van der Waals surface area contributed by atoms with Crippen molar-refractivity contribution in [3.63, 3.8) is 0 Å². The summed E-state index contributed by atoms with van der Waals surface area (Å²) >= 11 is 6.08. The number of hydrogen-bond donors (Lipinski definition) is 0. The second kappa shape index (κ2) is 5.71. The van der Waals surface area contributed by atoms with Gasteiger partial charge in [-0.25, -0.2) is 0 Å². The van der Waals surface area contributed by atoms with Crippen molar-refractivity contribution in [3.05, 3.63) is 41.4 Å². The highest BCUT2D eigenvalue weighted by molar-refractivity contribution is 6.31. The van der Waals surface area contributed by atoms with Crippen molar-refractivity contribution in [3.8, 4) is 5.75 Å². The van der Waals surface area contributed by atoms with Gasteiger partial charge in [0.25, 0.3) is 0 Å². The molecule has 0 heterocycles. The fraction of sp³-hybridized carbons (Fsp3) is 0.333. The minimum atomic E-state index is 0.786. The Labute approximate surface area is 90.3 Å². The van der Waals surface area contributed by atoms with Gasteiger partial charge in [0.15, 0.2) is 0 Å². The van der Waals surface area contributed by atoms with Crippen molar-refractivity contribution in [1.82, 2.24) is 0 Å². The second-order valence-electron chi connectivity index (χ2n) is 3.14. The lowest BCUT2D eigenvalue weighted by Gasteiger charge is -2.05. The predicted octanol–water partition coefficient (Wildman–Crippen LogP) is 3.86. The Morgan fingerprint density at radius 1 is 1.50 bits per heavy atom. The van der Waals surface area contributed by atoms with Crippen LogP contribution in [0.25, 0.3) is 0 Å². The van der Waals surface area contributed by atoms with Crippen LogP contribution in [0.4, 0.5) is 0 Å². The van der Waals surface area contributed by atoms with E-state index in [-0.39, 0.29) is 0 Å². The van der Waals surface area contributed by atoms with Gasteiger partial charge in [0.2, 0.25) is 0 Å². The maximum absolute atomic E-state index is 6.08. The largest absolute Gasteiger partial charge is 0.497 e. The smallest absolute Gasteiger partial charge is 0.120 e. The minimum Gasteiger partial charge on any atom is -0.497 e. The van der Waals surface area contributed by atoms with Crippen LogP contribution in [0.5, 0.6) is 5.75 Å². The van der Waals surface area contributed by atoms with Gasteiger partial charge in [-0.1, -0.05) is 23.7 Å². The summed E-state index contributed by atoms with van der Waals surface area (Å²) in [4.78, 5) is 0. The van der Waals surface area contributed by atoms with E-state index in [0.717, 1.165) is 30.0 Å². The van der Waals surface area contributed by atoms with Gasteiger partial charge in [0, 0.05) is 5.02 Å². The highest BCUT2D eigenvalue weighted by Gasteiger charge is 2.01. The topological polar surface area (TPSA) is 9.23 Å². The Hall–Kier alpha value is -0.950. The number of benzene rings is 1. The van der Waals surface area contributed by atoms with Gasteiger partial charge >= 0.3 is 0 Å². The quantitative estimate of drug-likeness (QED) is 0.530. The minimum absolute atomic E-state index is 0.786. The van der Waals surface area contributed by atoms with Crippen molar-refractivity contribution < 1.29 is 4.74 Å². The molecule has 76 valence electrons. The molecule has 0 bridgehead atoms. The van der Waals surface area contributed by atoms with E-state index in [1.165, 1.54) is 5.56 Å². The Bertz CT molecular complexity index is 307. The molecule has 0 amide bonds. The summed E-state index contributed by atoms with van der Waals surface area (Å²) in [5.41, 5.74) is 1.18. The van der Waals surface area contributed by atoms with Gasteiger partial charge in [-0.3, -0.25) is 0 Å². The van der Waals surface area contributed by atoms with Gasteiger partial charge in [-0.05, 0) is 37.0 Å². The molecule has 0 aliphatic heterocycles. The number of halogens is 1. The lowest BCUT2D eigenvalue weighted by molar-refractivity contribution is 0.414. The standard InChI is InChI=1S/C12H15ClO/c1-3-4-5-6-10-7-8-11(14-2)9-12(10)13/h3,7-9H,1,4-6H2,2H3. The van der Waals surface area contributed by atoms with E-state index in [1.807, 2.05) is 24.3 Å². The second-order valence-corrected chi connectivity index (χ2v) is 3.55. The molecule has 1 nitrogen and oxygen atoms in total. The molecule has 0 aromatic heterocycles. The van der Waals surface area contributed by atoms with Crippen molar-refractivity contribution in [2.75, 3.05) is 7.11 Å². The zero-order valence-electron chi connectivity index (χ0n) is 8.42. The molecule has 0 spiro atoms. The first-order valence-electron chi connectivity index (χ1n) is 4.71. The Morgan fingerprint density at radius 3 is 2.86 bits per heavy atom. The third-order valence-electron chi connectivity index (χ3n) is 2.11. The first kappa shape index (κ1) is 11.1. The van der Waals surface area contributed by atoms with Gasteiger partial charge in [0.1, 0.15) is 5.75 Å². The summed E-state index contributed by atoms with van der Waals surface area (Å²) in [6.45, 7) is 3.69. The number of allylic oxidation sites excluding steroid dienone is 1. The van der Waals surface area contributed by atoms with Crippen molar-refractivity contribution in [2.45, 2.75) is 19.3 Å². The number of hydrogen-bond acceptors (Lipinski definition) is 1. The normalized spacial score (nSPS) is 9.86. The molecule has 1 rings (SSSR count). The Kier molecular flexibility index (Phi) is 4.54. The molecule has 0 atom stereocenters. The van der Waals surface area contributed by atoms with Crippen LogP contribution in [0.1, 0.15) is 18.4 Å². The van der Waals surface area contributed by atoms with Crippen molar-refractivity contribution in [1.29, 1.82) is 0 Å². The summed E-state index contributed by atoms with van der Waals surface area (Å²) in [6, 6.07) is 5.81. The van der Waals surface area contributed by atoms with E-state index in [1.54, 1.807) is 7.11 Å². The molecule has 0 aliphatic rings. The van der Waals surface area contributed by atoms with E-state index >= 15 is 0 Å². The highest BCUT2D eigenvalue weighted by atomic mass is 35.5. The molecule has 0 unspecified atom stereocenters. The molecule has 0 fully saturated rings. The fourth-order valence-corrected chi connectivity index (χ4v) is 1.56. The number of methoxy groups -OCH3 is 1. The van der Waals surface area contributed by atoms with Crippen LogP contribution in [0.2, 0.25) is 5.02 Å². The summed E-state index contributed by atoms with van der Waals surface area (Å²) in [7, 11) is 1.64. The molecular weight excluding hydrogens is 196 g/mol. The van der Waals surface area contributed by atoms with Gasteiger partial charge in [-0.15, -0.1) is 6.58 Å². The molecule has 0 aliphatic carbocycles. The number of rotatable bonds is 5. The molecule has 14 heavy (non-hydrogen) atoms. The van der Waals surface area contributed by atoms with E-state index in [2.05, 4.69) is 6.58 Å². The summed E-state index contributed by atoms with van der Waals surface area (Å²) in [5, 5.41) is 0.786. The molecule has 0 saturated heterocycles. The third kappa shape index (κ3) is 3.08. The monoisotopic (exact) mass is 210 g/mol. The summed E-state index contributed by atoms with van der Waals surface area (Å²) in [5.74, 6) is 0.808. The number of ether oxygens (including phenoxy) is 1. The van der Waals surface area contributed by atoms with E-state index in [9.17, 15) is 0 Å². The van der Waals surface area contributed by atoms with Gasteiger partial charge < -0.3 is 4.74 Å². The highest BCUT2D eigenvalue weighted by Crippen LogP contribution is 2.23. The van der Waals surface area contributed by atoms with Crippen molar-refractivity contribution >= 4 is 11.6 Å². The van der Waals surface area contributed by atoms with E-state index in [0.29, 0.717) is 0 Å². The first-order chi connectivity index (χ1) is 6.77. The third-order valence-corrected chi connectivity index (χ3v) is 2.47. The van der Waals surface area contributed by atoms with Gasteiger partial charge in [0.05, 0.1) is 7.11 Å². The maximum Gasteiger partial charge on any atom is 0.120 e. The Morgan fingerprint density at radius 2 is 2.29 bits per heavy atom. The van der Waals surface area contributed by atoms with Crippen LogP contribution in [0.15, 0.2) is 30.9 Å². The van der Waals surface area contributed by atoms with E-state index in [4.69, 9.17) is 16.3 Å². The predicted molar refractivity (Wildman–Crippen MR) is 61.1 cm³/mol. The molecule has 0 N–H and O–H groups in total. The number of aryl methyl sites for hydroxylation is 1. The molecule has 0 radical (unpaired) electrons. The lowest BCUT2D eigenvalue weighted by atomic mass is 10.1. The summed E-state index contributed by atoms with van der Waals surface area (Å²) in [6.07, 6.45) is 5.05. The molecule has 0 saturated carbocycles.